The molecular weight excluding hydrogens is 376 g/mol. The van der Waals surface area contributed by atoms with Crippen LogP contribution in [0.3, 0.4) is 0 Å². The number of hydrogen-bond acceptors (Lipinski definition) is 5. The van der Waals surface area contributed by atoms with Gasteiger partial charge in [-0.1, -0.05) is 18.2 Å². The Balaban J connectivity index is 1.81. The van der Waals surface area contributed by atoms with Gasteiger partial charge in [-0.15, -0.1) is 0 Å². The molecule has 2 aromatic rings. The van der Waals surface area contributed by atoms with Crippen LogP contribution in [-0.2, 0) is 20.0 Å². The first kappa shape index (κ1) is 19.0. The van der Waals surface area contributed by atoms with E-state index in [0.29, 0.717) is 17.0 Å². The molecule has 0 aliphatic carbocycles. The zero-order valence-electron chi connectivity index (χ0n) is 14.9. The maximum absolute atomic E-state index is 12.9. The van der Waals surface area contributed by atoms with Gasteiger partial charge >= 0.3 is 0 Å². The van der Waals surface area contributed by atoms with Crippen molar-refractivity contribution in [2.24, 2.45) is 0 Å². The predicted molar refractivity (Wildman–Crippen MR) is 96.8 cm³/mol. The van der Waals surface area contributed by atoms with Crippen LogP contribution in [0.15, 0.2) is 34.1 Å². The highest BCUT2D eigenvalue weighted by molar-refractivity contribution is 7.89. The van der Waals surface area contributed by atoms with E-state index >= 15 is 0 Å². The average molecular weight is 399 g/mol. The van der Waals surface area contributed by atoms with Crippen molar-refractivity contribution < 1.29 is 16.8 Å². The number of rotatable bonds is 4. The minimum absolute atomic E-state index is 0.109. The second-order valence-electron chi connectivity index (χ2n) is 6.34. The summed E-state index contributed by atoms with van der Waals surface area (Å²) in [6.45, 7) is 5.49. The van der Waals surface area contributed by atoms with Crippen LogP contribution in [0.1, 0.15) is 17.0 Å². The van der Waals surface area contributed by atoms with E-state index in [9.17, 15) is 16.8 Å². The van der Waals surface area contributed by atoms with Crippen LogP contribution in [0.4, 0.5) is 0 Å². The van der Waals surface area contributed by atoms with Gasteiger partial charge in [-0.3, -0.25) is 5.10 Å². The molecule has 2 heterocycles. The van der Waals surface area contributed by atoms with Crippen molar-refractivity contribution in [1.82, 2.24) is 18.8 Å². The van der Waals surface area contributed by atoms with Crippen LogP contribution >= 0.6 is 0 Å². The van der Waals surface area contributed by atoms with Gasteiger partial charge in [0.1, 0.15) is 4.90 Å². The molecule has 1 fully saturated rings. The molecule has 3 rings (SSSR count). The summed E-state index contributed by atoms with van der Waals surface area (Å²) in [5, 5.41) is 6.62. The SMILES string of the molecule is Cc1ccccc1S(=O)(=O)N1CCN(S(=O)(=O)c2c(C)n[nH]c2C)CC1. The zero-order chi connectivity index (χ0) is 19.1. The first-order chi connectivity index (χ1) is 12.2. The summed E-state index contributed by atoms with van der Waals surface area (Å²) in [4.78, 5) is 0.436. The summed E-state index contributed by atoms with van der Waals surface area (Å²) in [5.74, 6) is 0. The summed E-state index contributed by atoms with van der Waals surface area (Å²) in [6.07, 6.45) is 0. The molecule has 1 N–H and O–H groups in total. The first-order valence-corrected chi connectivity index (χ1v) is 11.1. The molecule has 0 saturated carbocycles. The van der Waals surface area contributed by atoms with Crippen molar-refractivity contribution in [3.8, 4) is 0 Å². The summed E-state index contributed by atoms with van der Waals surface area (Å²) in [6, 6.07) is 6.80. The second kappa shape index (κ2) is 6.76. The monoisotopic (exact) mass is 398 g/mol. The van der Waals surface area contributed by atoms with Gasteiger partial charge in [0.15, 0.2) is 0 Å². The Bertz CT molecular complexity index is 1000. The standard InChI is InChI=1S/C16H22N4O4S2/c1-12-6-4-5-7-15(12)25(21,22)19-8-10-20(11-9-19)26(23,24)16-13(2)17-18-14(16)3/h4-7H,8-11H2,1-3H3,(H,17,18). The maximum Gasteiger partial charge on any atom is 0.246 e. The molecule has 1 aliphatic heterocycles. The Morgan fingerprint density at radius 3 is 1.92 bits per heavy atom. The molecule has 1 aromatic carbocycles. The van der Waals surface area contributed by atoms with Gasteiger partial charge in [-0.25, -0.2) is 16.8 Å². The zero-order valence-corrected chi connectivity index (χ0v) is 16.6. The van der Waals surface area contributed by atoms with E-state index < -0.39 is 20.0 Å². The van der Waals surface area contributed by atoms with E-state index in [0.717, 1.165) is 0 Å². The van der Waals surface area contributed by atoms with Gasteiger partial charge in [0.25, 0.3) is 0 Å². The third-order valence-electron chi connectivity index (χ3n) is 4.57. The number of benzene rings is 1. The molecule has 1 aromatic heterocycles. The van der Waals surface area contributed by atoms with Gasteiger partial charge < -0.3 is 0 Å². The van der Waals surface area contributed by atoms with Crippen LogP contribution in [0, 0.1) is 20.8 Å². The largest absolute Gasteiger partial charge is 0.281 e. The fourth-order valence-electron chi connectivity index (χ4n) is 3.19. The average Bonchev–Trinajstić information content (AvgIpc) is 2.94. The number of nitrogens with one attached hydrogen (secondary N) is 1. The molecule has 0 unspecified atom stereocenters. The summed E-state index contributed by atoms with van der Waals surface area (Å²) < 4.78 is 54.1. The molecule has 0 radical (unpaired) electrons. The number of aromatic amines is 1. The van der Waals surface area contributed by atoms with Crippen LogP contribution < -0.4 is 0 Å². The molecule has 10 heteroatoms. The first-order valence-electron chi connectivity index (χ1n) is 8.23. The van der Waals surface area contributed by atoms with Crippen molar-refractivity contribution in [2.75, 3.05) is 26.2 Å². The Labute approximate surface area is 153 Å². The van der Waals surface area contributed by atoms with E-state index in [1.807, 2.05) is 0 Å². The van der Waals surface area contributed by atoms with E-state index in [1.165, 1.54) is 8.61 Å². The van der Waals surface area contributed by atoms with Crippen LogP contribution in [0.5, 0.6) is 0 Å². The minimum atomic E-state index is -3.70. The molecule has 1 aliphatic rings. The number of aryl methyl sites for hydroxylation is 3. The fourth-order valence-corrected chi connectivity index (χ4v) is 6.59. The second-order valence-corrected chi connectivity index (χ2v) is 10.1. The Morgan fingerprint density at radius 2 is 1.42 bits per heavy atom. The number of sulfonamides is 2. The predicted octanol–water partition coefficient (Wildman–Crippen LogP) is 1.03. The third kappa shape index (κ3) is 3.18. The van der Waals surface area contributed by atoms with Gasteiger partial charge in [-0.05, 0) is 32.4 Å². The minimum Gasteiger partial charge on any atom is -0.281 e. The molecule has 142 valence electrons. The summed E-state index contributed by atoms with van der Waals surface area (Å²) in [5.41, 5.74) is 1.57. The summed E-state index contributed by atoms with van der Waals surface area (Å²) in [7, 11) is -7.34. The van der Waals surface area contributed by atoms with Gasteiger partial charge in [-0.2, -0.15) is 13.7 Å². The molecule has 0 spiro atoms. The topological polar surface area (TPSA) is 103 Å². The molecule has 1 saturated heterocycles. The Hall–Kier alpha value is -1.75. The lowest BCUT2D eigenvalue weighted by atomic mass is 10.2. The normalized spacial score (nSPS) is 17.5. The highest BCUT2D eigenvalue weighted by atomic mass is 32.2. The van der Waals surface area contributed by atoms with Crippen molar-refractivity contribution in [2.45, 2.75) is 30.6 Å². The van der Waals surface area contributed by atoms with Crippen molar-refractivity contribution in [3.63, 3.8) is 0 Å². The molecule has 0 atom stereocenters. The molecular formula is C16H22N4O4S2. The third-order valence-corrected chi connectivity index (χ3v) is 8.79. The highest BCUT2D eigenvalue weighted by Gasteiger charge is 2.36. The van der Waals surface area contributed by atoms with Crippen LogP contribution in [0.25, 0.3) is 0 Å². The lowest BCUT2D eigenvalue weighted by molar-refractivity contribution is 0.272. The number of nitrogens with zero attached hydrogens (tertiary/aromatic N) is 3. The maximum atomic E-state index is 12.9. The Morgan fingerprint density at radius 1 is 0.885 bits per heavy atom. The van der Waals surface area contributed by atoms with E-state index in [-0.39, 0.29) is 36.0 Å². The lowest BCUT2D eigenvalue weighted by Crippen LogP contribution is -2.50. The smallest absolute Gasteiger partial charge is 0.246 e. The van der Waals surface area contributed by atoms with E-state index in [4.69, 9.17) is 0 Å². The van der Waals surface area contributed by atoms with Crippen LogP contribution in [-0.4, -0.2) is 61.8 Å². The molecule has 0 bridgehead atoms. The molecule has 8 nitrogen and oxygen atoms in total. The lowest BCUT2D eigenvalue weighted by Gasteiger charge is -2.33. The highest BCUT2D eigenvalue weighted by Crippen LogP contribution is 2.25. The number of aromatic nitrogens is 2. The van der Waals surface area contributed by atoms with Crippen molar-refractivity contribution in [1.29, 1.82) is 0 Å². The number of piperazine rings is 1. The van der Waals surface area contributed by atoms with Crippen molar-refractivity contribution >= 4 is 20.0 Å². The van der Waals surface area contributed by atoms with Crippen molar-refractivity contribution in [3.05, 3.63) is 41.2 Å². The van der Waals surface area contributed by atoms with E-state index in [1.54, 1.807) is 45.0 Å². The van der Waals surface area contributed by atoms with Gasteiger partial charge in [0.2, 0.25) is 20.0 Å². The molecule has 0 amide bonds. The van der Waals surface area contributed by atoms with Crippen LogP contribution in [0.2, 0.25) is 0 Å². The number of hydrogen-bond donors (Lipinski definition) is 1. The molecule has 26 heavy (non-hydrogen) atoms. The van der Waals surface area contributed by atoms with Gasteiger partial charge in [0, 0.05) is 26.2 Å². The number of H-pyrrole nitrogens is 1. The fraction of sp³-hybridized carbons (Fsp3) is 0.438. The summed E-state index contributed by atoms with van der Waals surface area (Å²) >= 11 is 0. The quantitative estimate of drug-likeness (QED) is 0.828. The van der Waals surface area contributed by atoms with Gasteiger partial charge in [0.05, 0.1) is 16.3 Å². The Kier molecular flexibility index (Phi) is 4.95. The van der Waals surface area contributed by atoms with E-state index in [2.05, 4.69) is 10.2 Å².